The van der Waals surface area contributed by atoms with Crippen molar-refractivity contribution in [2.24, 2.45) is 0 Å². The molecule has 8 nitrogen and oxygen atoms in total. The van der Waals surface area contributed by atoms with E-state index < -0.39 is 23.8 Å². The zero-order valence-electron chi connectivity index (χ0n) is 26.6. The number of hydrogen-bond donors (Lipinski definition) is 3. The van der Waals surface area contributed by atoms with Crippen LogP contribution >= 0.6 is 0 Å². The van der Waals surface area contributed by atoms with Crippen molar-refractivity contribution in [1.82, 2.24) is 15.5 Å². The van der Waals surface area contributed by atoms with Crippen molar-refractivity contribution in [1.29, 1.82) is 0 Å². The van der Waals surface area contributed by atoms with Crippen LogP contribution in [0.25, 0.3) is 0 Å². The summed E-state index contributed by atoms with van der Waals surface area (Å²) in [5.41, 5.74) is 2.65. The number of rotatable bonds is 15. The van der Waals surface area contributed by atoms with Crippen molar-refractivity contribution in [2.75, 3.05) is 13.1 Å². The van der Waals surface area contributed by atoms with Crippen molar-refractivity contribution in [3.63, 3.8) is 0 Å². The molecule has 0 fully saturated rings. The fourth-order valence-electron chi connectivity index (χ4n) is 4.97. The minimum atomic E-state index is -0.995. The predicted molar refractivity (Wildman–Crippen MR) is 167 cm³/mol. The maximum Gasteiger partial charge on any atom is 0.408 e. The summed E-state index contributed by atoms with van der Waals surface area (Å²) in [5.74, 6) is -0.479. The minimum absolute atomic E-state index is 0.109. The van der Waals surface area contributed by atoms with Crippen LogP contribution < -0.4 is 10.6 Å². The van der Waals surface area contributed by atoms with Gasteiger partial charge in [-0.2, -0.15) is 0 Å². The van der Waals surface area contributed by atoms with E-state index in [-0.39, 0.29) is 24.0 Å². The number of aryl methyl sites for hydroxylation is 2. The topological polar surface area (TPSA) is 108 Å². The number of carbonyl (C=O) groups excluding carboxylic acids is 3. The fourth-order valence-corrected chi connectivity index (χ4v) is 4.97. The van der Waals surface area contributed by atoms with E-state index in [1.807, 2.05) is 32.0 Å². The molecule has 2 aromatic rings. The molecule has 0 saturated heterocycles. The molecule has 2 atom stereocenters. The lowest BCUT2D eigenvalue weighted by Gasteiger charge is -2.36. The normalized spacial score (nSPS) is 12.7. The Kier molecular flexibility index (Phi) is 13.8. The van der Waals surface area contributed by atoms with Crippen molar-refractivity contribution in [3.05, 3.63) is 64.7 Å². The molecule has 0 aliphatic carbocycles. The third-order valence-corrected chi connectivity index (χ3v) is 7.11. The Morgan fingerprint density at radius 2 is 1.52 bits per heavy atom. The monoisotopic (exact) mass is 581 g/mol. The highest BCUT2D eigenvalue weighted by Crippen LogP contribution is 2.29. The number of amides is 3. The molecule has 0 aliphatic heterocycles. The van der Waals surface area contributed by atoms with Gasteiger partial charge in [-0.25, -0.2) is 4.79 Å². The summed E-state index contributed by atoms with van der Waals surface area (Å²) >= 11 is 0. The summed E-state index contributed by atoms with van der Waals surface area (Å²) in [6.45, 7) is 14.3. The van der Waals surface area contributed by atoms with E-state index in [9.17, 15) is 19.5 Å². The molecule has 42 heavy (non-hydrogen) atoms. The van der Waals surface area contributed by atoms with Crippen LogP contribution in [0.15, 0.2) is 42.5 Å². The van der Waals surface area contributed by atoms with Crippen molar-refractivity contribution < 1.29 is 24.2 Å². The Morgan fingerprint density at radius 3 is 2.10 bits per heavy atom. The van der Waals surface area contributed by atoms with E-state index in [1.165, 1.54) is 0 Å². The van der Waals surface area contributed by atoms with Crippen LogP contribution in [0.1, 0.15) is 101 Å². The van der Waals surface area contributed by atoms with Crippen molar-refractivity contribution in [3.8, 4) is 5.75 Å². The molecule has 3 amide bonds. The molecule has 0 radical (unpaired) electrons. The van der Waals surface area contributed by atoms with Crippen LogP contribution in [0.4, 0.5) is 4.79 Å². The number of ether oxygens (including phenoxy) is 1. The molecule has 8 heteroatoms. The van der Waals surface area contributed by atoms with Gasteiger partial charge in [0, 0.05) is 19.5 Å². The summed E-state index contributed by atoms with van der Waals surface area (Å²) in [7, 11) is 0. The molecule has 3 N–H and O–H groups in total. The van der Waals surface area contributed by atoms with Gasteiger partial charge in [0.15, 0.2) is 0 Å². The maximum absolute atomic E-state index is 14.6. The average Bonchev–Trinajstić information content (AvgIpc) is 2.91. The second-order valence-corrected chi connectivity index (χ2v) is 12.0. The van der Waals surface area contributed by atoms with Gasteiger partial charge in [-0.05, 0) is 81.8 Å². The second kappa shape index (κ2) is 16.8. The van der Waals surface area contributed by atoms with Gasteiger partial charge >= 0.3 is 6.09 Å². The lowest BCUT2D eigenvalue weighted by Crippen LogP contribution is -2.54. The third-order valence-electron chi connectivity index (χ3n) is 7.11. The van der Waals surface area contributed by atoms with E-state index in [4.69, 9.17) is 4.74 Å². The summed E-state index contributed by atoms with van der Waals surface area (Å²) < 4.78 is 5.52. The fraction of sp³-hybridized carbons (Fsp3) is 0.559. The zero-order valence-corrected chi connectivity index (χ0v) is 26.6. The first kappa shape index (κ1) is 34.7. The molecular formula is C34H51N3O5. The number of hydrogen-bond acceptors (Lipinski definition) is 5. The Hall–Kier alpha value is -3.55. The molecule has 232 valence electrons. The quantitative estimate of drug-likeness (QED) is 0.208. The minimum Gasteiger partial charge on any atom is -0.508 e. The molecule has 2 unspecified atom stereocenters. The highest BCUT2D eigenvalue weighted by molar-refractivity contribution is 5.92. The predicted octanol–water partition coefficient (Wildman–Crippen LogP) is 6.51. The van der Waals surface area contributed by atoms with Gasteiger partial charge in [0.1, 0.15) is 23.4 Å². The Bertz CT molecular complexity index is 1140. The molecule has 0 heterocycles. The van der Waals surface area contributed by atoms with Crippen LogP contribution in [0.3, 0.4) is 0 Å². The van der Waals surface area contributed by atoms with E-state index in [0.29, 0.717) is 13.1 Å². The number of phenols is 1. The molecular weight excluding hydrogens is 530 g/mol. The number of phenolic OH excluding ortho intramolecular Hbond substituents is 1. The Morgan fingerprint density at radius 1 is 0.905 bits per heavy atom. The number of aromatic hydroxyl groups is 1. The molecule has 2 aromatic carbocycles. The van der Waals surface area contributed by atoms with Gasteiger partial charge in [0.2, 0.25) is 11.8 Å². The first-order chi connectivity index (χ1) is 19.9. The molecule has 0 saturated carbocycles. The lowest BCUT2D eigenvalue weighted by atomic mass is 9.93. The molecule has 2 rings (SSSR count). The second-order valence-electron chi connectivity index (χ2n) is 12.0. The summed E-state index contributed by atoms with van der Waals surface area (Å²) in [5, 5.41) is 15.7. The van der Waals surface area contributed by atoms with Gasteiger partial charge in [-0.3, -0.25) is 9.59 Å². The van der Waals surface area contributed by atoms with Crippen LogP contribution in [-0.2, 0) is 20.7 Å². The van der Waals surface area contributed by atoms with Gasteiger partial charge < -0.3 is 25.4 Å². The lowest BCUT2D eigenvalue weighted by molar-refractivity contribution is -0.142. The molecule has 0 bridgehead atoms. The standard InChI is InChI=1S/C34H51N3O5/c1-8-10-12-13-22-37(30(31(39)35-21-11-9-2)29-24(3)15-14-16-25(29)4)32(40)28(36-33(41)42-34(5,6)7)23-26-17-19-27(38)20-18-26/h14-20,28,30,38H,8-13,21-23H2,1-7H3,(H,35,39)(H,36,41). The number of nitrogens with one attached hydrogen (secondary N) is 2. The first-order valence-electron chi connectivity index (χ1n) is 15.3. The SMILES string of the molecule is CCCCCCN(C(=O)C(Cc1ccc(O)cc1)NC(=O)OC(C)(C)C)C(C(=O)NCCCC)c1c(C)cccc1C. The van der Waals surface area contributed by atoms with Gasteiger partial charge in [-0.1, -0.05) is 69.9 Å². The number of carbonyl (C=O) groups is 3. The third kappa shape index (κ3) is 11.0. The molecule has 0 aromatic heterocycles. The highest BCUT2D eigenvalue weighted by Gasteiger charge is 2.37. The van der Waals surface area contributed by atoms with Crippen LogP contribution in [-0.4, -0.2) is 52.6 Å². The Labute approximate surface area is 252 Å². The highest BCUT2D eigenvalue weighted by atomic mass is 16.6. The summed E-state index contributed by atoms with van der Waals surface area (Å²) in [4.78, 5) is 43.1. The van der Waals surface area contributed by atoms with Gasteiger partial charge in [0.25, 0.3) is 0 Å². The average molecular weight is 582 g/mol. The van der Waals surface area contributed by atoms with E-state index >= 15 is 0 Å². The van der Waals surface area contributed by atoms with E-state index in [2.05, 4.69) is 24.5 Å². The largest absolute Gasteiger partial charge is 0.508 e. The van der Waals surface area contributed by atoms with Crippen LogP contribution in [0.5, 0.6) is 5.75 Å². The van der Waals surface area contributed by atoms with E-state index in [1.54, 1.807) is 49.9 Å². The van der Waals surface area contributed by atoms with E-state index in [0.717, 1.165) is 60.8 Å². The van der Waals surface area contributed by atoms with Gasteiger partial charge in [-0.15, -0.1) is 0 Å². The number of alkyl carbamates (subject to hydrolysis) is 1. The van der Waals surface area contributed by atoms with Crippen molar-refractivity contribution >= 4 is 17.9 Å². The Balaban J connectivity index is 2.60. The smallest absolute Gasteiger partial charge is 0.408 e. The number of nitrogens with zero attached hydrogens (tertiary/aromatic N) is 1. The maximum atomic E-state index is 14.6. The number of benzene rings is 2. The summed E-state index contributed by atoms with van der Waals surface area (Å²) in [6, 6.07) is 10.6. The van der Waals surface area contributed by atoms with Crippen LogP contribution in [0, 0.1) is 13.8 Å². The molecule has 0 aliphatic rings. The van der Waals surface area contributed by atoms with Crippen molar-refractivity contribution in [2.45, 2.75) is 111 Å². The summed E-state index contributed by atoms with van der Waals surface area (Å²) in [6.07, 6.45) is 4.92. The molecule has 0 spiro atoms. The van der Waals surface area contributed by atoms with Gasteiger partial charge in [0.05, 0.1) is 0 Å². The van der Waals surface area contributed by atoms with Crippen LogP contribution in [0.2, 0.25) is 0 Å². The zero-order chi connectivity index (χ0) is 31.3. The number of unbranched alkanes of at least 4 members (excludes halogenated alkanes) is 4. The first-order valence-corrected chi connectivity index (χ1v) is 15.3.